The van der Waals surface area contributed by atoms with Crippen LogP contribution < -0.4 is 4.74 Å². The van der Waals surface area contributed by atoms with E-state index in [1.54, 1.807) is 62.1 Å². The van der Waals surface area contributed by atoms with E-state index in [1.165, 1.54) is 6.26 Å². The zero-order chi connectivity index (χ0) is 26.1. The van der Waals surface area contributed by atoms with Crippen molar-refractivity contribution in [3.05, 3.63) is 90.1 Å². The Bertz CT molecular complexity index is 1530. The maximum absolute atomic E-state index is 12.6. The van der Waals surface area contributed by atoms with Gasteiger partial charge in [0.05, 0.1) is 10.3 Å². The summed E-state index contributed by atoms with van der Waals surface area (Å²) in [7, 11) is -3.40. The minimum absolute atomic E-state index is 0.380. The summed E-state index contributed by atoms with van der Waals surface area (Å²) in [6.07, 6.45) is 3.69. The van der Waals surface area contributed by atoms with Crippen molar-refractivity contribution in [2.24, 2.45) is 0 Å². The predicted molar refractivity (Wildman–Crippen MR) is 144 cm³/mol. The summed E-state index contributed by atoms with van der Waals surface area (Å²) >= 11 is 1.57. The molecular weight excluding hydrogens is 494 g/mol. The average Bonchev–Trinajstić information content (AvgIpc) is 2.86. The van der Waals surface area contributed by atoms with Crippen LogP contribution in [0.25, 0.3) is 22.0 Å². The zero-order valence-corrected chi connectivity index (χ0v) is 22.1. The molecule has 1 atom stereocenters. The van der Waals surface area contributed by atoms with E-state index in [0.29, 0.717) is 22.4 Å². The highest BCUT2D eigenvalue weighted by Gasteiger charge is 2.33. The lowest BCUT2D eigenvalue weighted by atomic mass is 9.93. The van der Waals surface area contributed by atoms with Crippen molar-refractivity contribution in [3.63, 3.8) is 0 Å². The zero-order valence-electron chi connectivity index (χ0n) is 20.4. The lowest BCUT2D eigenvalue weighted by molar-refractivity contribution is -0.145. The van der Waals surface area contributed by atoms with Crippen LogP contribution >= 0.6 is 11.8 Å². The Kier molecular flexibility index (Phi) is 7.11. The van der Waals surface area contributed by atoms with Crippen molar-refractivity contribution in [1.82, 2.24) is 4.98 Å². The van der Waals surface area contributed by atoms with Crippen LogP contribution in [0, 0.1) is 0 Å². The second-order valence-corrected chi connectivity index (χ2v) is 12.5. The van der Waals surface area contributed by atoms with Crippen molar-refractivity contribution in [3.8, 4) is 16.9 Å². The van der Waals surface area contributed by atoms with Gasteiger partial charge in [-0.1, -0.05) is 30.3 Å². The number of aliphatic carboxylic acids is 1. The van der Waals surface area contributed by atoms with Gasteiger partial charge in [-0.25, -0.2) is 13.2 Å². The number of carbonyl (C=O) groups is 1. The lowest BCUT2D eigenvalue weighted by Crippen LogP contribution is -2.28. The number of thioether (sulfide) groups is 1. The number of carboxylic acids is 1. The van der Waals surface area contributed by atoms with Crippen molar-refractivity contribution in [2.75, 3.05) is 12.5 Å². The third kappa shape index (κ3) is 5.10. The molecule has 4 rings (SSSR count). The summed E-state index contributed by atoms with van der Waals surface area (Å²) < 4.78 is 29.9. The average molecular weight is 522 g/mol. The molecule has 1 heterocycles. The van der Waals surface area contributed by atoms with Gasteiger partial charge in [-0.05, 0) is 73.7 Å². The number of nitrogens with zero attached hydrogens (tertiary/aromatic N) is 1. The topological polar surface area (TPSA) is 93.6 Å². The highest BCUT2D eigenvalue weighted by Crippen LogP contribution is 2.37. The van der Waals surface area contributed by atoms with Gasteiger partial charge in [0.2, 0.25) is 6.10 Å². The number of pyridine rings is 1. The van der Waals surface area contributed by atoms with Gasteiger partial charge in [0.15, 0.2) is 9.84 Å². The standard InChI is InChI=1S/C28H27NO5S2/c1-28(2,36(4,32)33)21-15-20-8-6-14-29-25(20)24(17-21)19-7-5-9-22(16-19)34-26(27(30)31)18-10-12-23(35-3)13-11-18/h5-17,26H,1-4H3,(H,30,31). The van der Waals surface area contributed by atoms with Crippen LogP contribution in [0.3, 0.4) is 0 Å². The monoisotopic (exact) mass is 521 g/mol. The van der Waals surface area contributed by atoms with Crippen LogP contribution in [0.2, 0.25) is 0 Å². The molecule has 0 saturated carbocycles. The Hall–Kier alpha value is -3.36. The van der Waals surface area contributed by atoms with E-state index in [1.807, 2.05) is 48.7 Å². The third-order valence-corrected chi connectivity index (χ3v) is 9.20. The molecule has 1 aromatic heterocycles. The van der Waals surface area contributed by atoms with Crippen LogP contribution in [0.5, 0.6) is 5.75 Å². The van der Waals surface area contributed by atoms with Crippen LogP contribution in [0.4, 0.5) is 0 Å². The molecule has 36 heavy (non-hydrogen) atoms. The number of fused-ring (bicyclic) bond motifs is 1. The first-order valence-corrected chi connectivity index (χ1v) is 14.4. The Morgan fingerprint density at radius 3 is 2.39 bits per heavy atom. The van der Waals surface area contributed by atoms with E-state index in [9.17, 15) is 18.3 Å². The van der Waals surface area contributed by atoms with Crippen molar-refractivity contribution in [2.45, 2.75) is 29.6 Å². The molecule has 1 unspecified atom stereocenters. The van der Waals surface area contributed by atoms with Gasteiger partial charge in [0, 0.05) is 33.9 Å². The Morgan fingerprint density at radius 2 is 1.75 bits per heavy atom. The molecule has 0 aliphatic heterocycles. The molecule has 8 heteroatoms. The molecule has 0 spiro atoms. The SMILES string of the molecule is CSc1ccc(C(Oc2cccc(-c3cc(C(C)(C)S(C)(=O)=O)cc4cccnc34)c2)C(=O)O)cc1. The highest BCUT2D eigenvalue weighted by molar-refractivity contribution is 7.98. The van der Waals surface area contributed by atoms with E-state index in [0.717, 1.165) is 21.4 Å². The van der Waals surface area contributed by atoms with E-state index < -0.39 is 26.7 Å². The maximum atomic E-state index is 12.6. The fraction of sp³-hybridized carbons (Fsp3) is 0.214. The van der Waals surface area contributed by atoms with Crippen molar-refractivity contribution < 1.29 is 23.1 Å². The van der Waals surface area contributed by atoms with Crippen LogP contribution in [0.15, 0.2) is 83.9 Å². The van der Waals surface area contributed by atoms with Gasteiger partial charge in [-0.15, -0.1) is 11.8 Å². The number of rotatable bonds is 8. The minimum atomic E-state index is -3.40. The molecule has 0 fully saturated rings. The van der Waals surface area contributed by atoms with Gasteiger partial charge < -0.3 is 9.84 Å². The van der Waals surface area contributed by atoms with Gasteiger partial charge >= 0.3 is 5.97 Å². The summed E-state index contributed by atoms with van der Waals surface area (Å²) in [4.78, 5) is 17.6. The first-order chi connectivity index (χ1) is 17.0. The third-order valence-electron chi connectivity index (χ3n) is 6.37. The minimum Gasteiger partial charge on any atom is -0.478 e. The molecule has 186 valence electrons. The summed E-state index contributed by atoms with van der Waals surface area (Å²) in [5.41, 5.74) is 3.37. The molecule has 0 radical (unpaired) electrons. The molecule has 0 amide bonds. The maximum Gasteiger partial charge on any atom is 0.349 e. The number of hydrogen-bond donors (Lipinski definition) is 1. The van der Waals surface area contributed by atoms with Crippen molar-refractivity contribution in [1.29, 1.82) is 0 Å². The second kappa shape index (κ2) is 9.95. The van der Waals surface area contributed by atoms with Crippen LogP contribution in [0.1, 0.15) is 31.1 Å². The van der Waals surface area contributed by atoms with E-state index in [2.05, 4.69) is 4.98 Å². The largest absolute Gasteiger partial charge is 0.478 e. The molecule has 0 aliphatic rings. The first kappa shape index (κ1) is 25.7. The molecule has 0 aliphatic carbocycles. The molecule has 0 bridgehead atoms. The van der Waals surface area contributed by atoms with Gasteiger partial charge in [0.1, 0.15) is 5.75 Å². The van der Waals surface area contributed by atoms with Crippen LogP contribution in [-0.4, -0.2) is 37.0 Å². The van der Waals surface area contributed by atoms with E-state index in [4.69, 9.17) is 4.74 Å². The Balaban J connectivity index is 1.79. The summed E-state index contributed by atoms with van der Waals surface area (Å²) in [5.74, 6) is -0.716. The first-order valence-electron chi connectivity index (χ1n) is 11.2. The fourth-order valence-electron chi connectivity index (χ4n) is 3.89. The Morgan fingerprint density at radius 1 is 1.03 bits per heavy atom. The van der Waals surface area contributed by atoms with Gasteiger partial charge in [-0.3, -0.25) is 4.98 Å². The number of ether oxygens (including phenoxy) is 1. The second-order valence-electron chi connectivity index (χ2n) is 9.02. The van der Waals surface area contributed by atoms with E-state index >= 15 is 0 Å². The molecule has 0 saturated heterocycles. The molecule has 6 nitrogen and oxygen atoms in total. The van der Waals surface area contributed by atoms with Crippen LogP contribution in [-0.2, 0) is 19.4 Å². The number of hydrogen-bond acceptors (Lipinski definition) is 6. The normalized spacial score (nSPS) is 12.9. The van der Waals surface area contributed by atoms with Gasteiger partial charge in [-0.2, -0.15) is 0 Å². The quantitative estimate of drug-likeness (QED) is 0.280. The number of aromatic nitrogens is 1. The molecular formula is C28H27NO5S2. The molecule has 3 aromatic carbocycles. The van der Waals surface area contributed by atoms with Crippen molar-refractivity contribution >= 4 is 38.5 Å². The van der Waals surface area contributed by atoms with E-state index in [-0.39, 0.29) is 0 Å². The number of benzene rings is 3. The summed E-state index contributed by atoms with van der Waals surface area (Å²) in [5, 5.41) is 10.7. The van der Waals surface area contributed by atoms with Gasteiger partial charge in [0.25, 0.3) is 0 Å². The smallest absolute Gasteiger partial charge is 0.349 e. The highest BCUT2D eigenvalue weighted by atomic mass is 32.2. The Labute approximate surface area is 215 Å². The summed E-state index contributed by atoms with van der Waals surface area (Å²) in [6, 6.07) is 21.7. The molecule has 4 aromatic rings. The lowest BCUT2D eigenvalue weighted by Gasteiger charge is -2.24. The predicted octanol–water partition coefficient (Wildman–Crippen LogP) is 6.11. The molecule has 1 N–H and O–H groups in total. The number of sulfone groups is 1. The fourth-order valence-corrected chi connectivity index (χ4v) is 4.84. The number of carboxylic acid groups (broad SMARTS) is 1. The summed E-state index contributed by atoms with van der Waals surface area (Å²) in [6.45, 7) is 3.37.